The predicted molar refractivity (Wildman–Crippen MR) is 95.4 cm³/mol. The van der Waals surface area contributed by atoms with E-state index in [1.165, 1.54) is 23.6 Å². The van der Waals surface area contributed by atoms with E-state index in [0.717, 1.165) is 4.90 Å². The number of esters is 1. The number of ether oxygens (including phenoxy) is 1. The van der Waals surface area contributed by atoms with Gasteiger partial charge in [-0.05, 0) is 42.5 Å². The number of rotatable bonds is 4. The van der Waals surface area contributed by atoms with E-state index in [2.05, 4.69) is 0 Å². The number of carbonyl (C=O) groups is 3. The highest BCUT2D eigenvalue weighted by atomic mass is 32.2. The van der Waals surface area contributed by atoms with Crippen LogP contribution in [0.5, 0.6) is 5.75 Å². The Balaban J connectivity index is 1.76. The molecule has 2 N–H and O–H groups in total. The molecule has 0 radical (unpaired) electrons. The summed E-state index contributed by atoms with van der Waals surface area (Å²) in [5.74, 6) is -0.593. The number of anilines is 2. The molecule has 128 valence electrons. The van der Waals surface area contributed by atoms with Gasteiger partial charge in [-0.1, -0.05) is 6.07 Å². The lowest BCUT2D eigenvalue weighted by Crippen LogP contribution is -2.31. The lowest BCUT2D eigenvalue weighted by molar-refractivity contribution is -0.132. The standard InChI is InChI=1S/C18H16N2O4S/c1-11(21)24-14-7-5-13(6-8-14)20-17(22)10-16(18(20)23)25-15-4-2-3-12(19)9-15/h2-9,16H,10,19H2,1H3. The Morgan fingerprint density at radius 2 is 1.92 bits per heavy atom. The van der Waals surface area contributed by atoms with E-state index < -0.39 is 11.2 Å². The summed E-state index contributed by atoms with van der Waals surface area (Å²) < 4.78 is 4.95. The molecule has 0 bridgehead atoms. The highest BCUT2D eigenvalue weighted by molar-refractivity contribution is 8.00. The van der Waals surface area contributed by atoms with Gasteiger partial charge in [-0.25, -0.2) is 4.90 Å². The second-order valence-electron chi connectivity index (χ2n) is 5.54. The molecule has 3 rings (SSSR count). The number of hydrogen-bond acceptors (Lipinski definition) is 6. The lowest BCUT2D eigenvalue weighted by Gasteiger charge is -2.15. The minimum absolute atomic E-state index is 0.129. The molecule has 2 aromatic carbocycles. The maximum absolute atomic E-state index is 12.6. The number of nitrogens with two attached hydrogens (primary N) is 1. The molecular formula is C18H16N2O4S. The van der Waals surface area contributed by atoms with Crippen LogP contribution in [0.25, 0.3) is 0 Å². The van der Waals surface area contributed by atoms with Crippen LogP contribution in [0.4, 0.5) is 11.4 Å². The Bertz CT molecular complexity index is 835. The topological polar surface area (TPSA) is 89.7 Å². The summed E-state index contributed by atoms with van der Waals surface area (Å²) in [6.07, 6.45) is 0.129. The van der Waals surface area contributed by atoms with Crippen molar-refractivity contribution in [3.05, 3.63) is 48.5 Å². The van der Waals surface area contributed by atoms with Crippen molar-refractivity contribution in [2.45, 2.75) is 23.5 Å². The summed E-state index contributed by atoms with van der Waals surface area (Å²) in [6.45, 7) is 1.31. The van der Waals surface area contributed by atoms with Crippen LogP contribution in [0.2, 0.25) is 0 Å². The molecule has 0 spiro atoms. The Kier molecular flexibility index (Phi) is 4.76. The third kappa shape index (κ3) is 3.83. The van der Waals surface area contributed by atoms with E-state index in [1.807, 2.05) is 12.1 Å². The maximum atomic E-state index is 12.6. The molecule has 1 heterocycles. The average Bonchev–Trinajstić information content (AvgIpc) is 2.82. The van der Waals surface area contributed by atoms with E-state index in [-0.39, 0.29) is 18.2 Å². The molecule has 7 heteroatoms. The highest BCUT2D eigenvalue weighted by Gasteiger charge is 2.40. The zero-order chi connectivity index (χ0) is 18.0. The van der Waals surface area contributed by atoms with Gasteiger partial charge in [0.25, 0.3) is 0 Å². The number of benzene rings is 2. The molecule has 25 heavy (non-hydrogen) atoms. The zero-order valence-electron chi connectivity index (χ0n) is 13.5. The van der Waals surface area contributed by atoms with Gasteiger partial charge in [0.2, 0.25) is 11.8 Å². The fourth-order valence-electron chi connectivity index (χ4n) is 2.55. The number of thioether (sulfide) groups is 1. The van der Waals surface area contributed by atoms with E-state index in [1.54, 1.807) is 36.4 Å². The van der Waals surface area contributed by atoms with Crippen molar-refractivity contribution < 1.29 is 19.1 Å². The Hall–Kier alpha value is -2.80. The van der Waals surface area contributed by atoms with Gasteiger partial charge in [-0.2, -0.15) is 0 Å². The molecule has 2 amide bonds. The minimum atomic E-state index is -0.484. The number of hydrogen-bond donors (Lipinski definition) is 1. The van der Waals surface area contributed by atoms with Gasteiger partial charge in [-0.15, -0.1) is 11.8 Å². The van der Waals surface area contributed by atoms with Crippen LogP contribution in [0.3, 0.4) is 0 Å². The first-order valence-corrected chi connectivity index (χ1v) is 8.49. The van der Waals surface area contributed by atoms with Crippen LogP contribution < -0.4 is 15.4 Å². The van der Waals surface area contributed by atoms with E-state index in [0.29, 0.717) is 17.1 Å². The van der Waals surface area contributed by atoms with Crippen molar-refractivity contribution in [3.8, 4) is 5.75 Å². The van der Waals surface area contributed by atoms with Crippen molar-refractivity contribution in [1.29, 1.82) is 0 Å². The molecule has 1 unspecified atom stereocenters. The smallest absolute Gasteiger partial charge is 0.308 e. The summed E-state index contributed by atoms with van der Waals surface area (Å²) in [5, 5.41) is -0.484. The van der Waals surface area contributed by atoms with Crippen LogP contribution in [0, 0.1) is 0 Å². The first-order chi connectivity index (χ1) is 11.9. The number of nitrogen functional groups attached to an aromatic ring is 1. The summed E-state index contributed by atoms with van der Waals surface area (Å²) in [5.41, 5.74) is 6.82. The summed E-state index contributed by atoms with van der Waals surface area (Å²) in [4.78, 5) is 37.9. The van der Waals surface area contributed by atoms with Gasteiger partial charge in [-0.3, -0.25) is 14.4 Å². The molecule has 1 saturated heterocycles. The third-order valence-corrected chi connectivity index (χ3v) is 4.78. The molecule has 0 saturated carbocycles. The van der Waals surface area contributed by atoms with E-state index in [4.69, 9.17) is 10.5 Å². The fourth-order valence-corrected chi connectivity index (χ4v) is 3.67. The second kappa shape index (κ2) is 6.98. The van der Waals surface area contributed by atoms with Gasteiger partial charge < -0.3 is 10.5 Å². The Morgan fingerprint density at radius 3 is 2.56 bits per heavy atom. The number of imide groups is 1. The molecule has 1 atom stereocenters. The van der Waals surface area contributed by atoms with Crippen LogP contribution in [-0.4, -0.2) is 23.0 Å². The van der Waals surface area contributed by atoms with Crippen LogP contribution in [0.1, 0.15) is 13.3 Å². The van der Waals surface area contributed by atoms with Gasteiger partial charge in [0, 0.05) is 23.9 Å². The summed E-state index contributed by atoms with van der Waals surface area (Å²) in [6, 6.07) is 13.5. The van der Waals surface area contributed by atoms with Gasteiger partial charge in [0.05, 0.1) is 10.9 Å². The maximum Gasteiger partial charge on any atom is 0.308 e. The van der Waals surface area contributed by atoms with Crippen LogP contribution in [-0.2, 0) is 14.4 Å². The monoisotopic (exact) mass is 356 g/mol. The van der Waals surface area contributed by atoms with Crippen molar-refractivity contribution in [3.63, 3.8) is 0 Å². The third-order valence-electron chi connectivity index (χ3n) is 3.60. The number of amides is 2. The summed E-state index contributed by atoms with van der Waals surface area (Å²) in [7, 11) is 0. The molecule has 1 aliphatic rings. The molecule has 1 aliphatic heterocycles. The first kappa shape index (κ1) is 17.0. The zero-order valence-corrected chi connectivity index (χ0v) is 14.3. The number of nitrogens with zero attached hydrogens (tertiary/aromatic N) is 1. The van der Waals surface area contributed by atoms with Crippen molar-refractivity contribution in [1.82, 2.24) is 0 Å². The molecule has 6 nitrogen and oxygen atoms in total. The van der Waals surface area contributed by atoms with Crippen LogP contribution >= 0.6 is 11.8 Å². The van der Waals surface area contributed by atoms with Crippen LogP contribution in [0.15, 0.2) is 53.4 Å². The first-order valence-electron chi connectivity index (χ1n) is 7.61. The Labute approximate surface area is 148 Å². The van der Waals surface area contributed by atoms with Gasteiger partial charge in [0.1, 0.15) is 5.75 Å². The quantitative estimate of drug-likeness (QED) is 0.392. The average molecular weight is 356 g/mol. The van der Waals surface area contributed by atoms with E-state index >= 15 is 0 Å². The predicted octanol–water partition coefficient (Wildman–Crippen LogP) is 2.62. The minimum Gasteiger partial charge on any atom is -0.427 e. The lowest BCUT2D eigenvalue weighted by atomic mass is 10.3. The van der Waals surface area contributed by atoms with Crippen molar-refractivity contribution >= 4 is 40.9 Å². The van der Waals surface area contributed by atoms with Gasteiger partial charge in [0.15, 0.2) is 0 Å². The van der Waals surface area contributed by atoms with Gasteiger partial charge >= 0.3 is 5.97 Å². The SMILES string of the molecule is CC(=O)Oc1ccc(N2C(=O)CC(Sc3cccc(N)c3)C2=O)cc1. The summed E-state index contributed by atoms with van der Waals surface area (Å²) >= 11 is 1.33. The number of carbonyl (C=O) groups excluding carboxylic acids is 3. The Morgan fingerprint density at radius 1 is 1.20 bits per heavy atom. The fraction of sp³-hybridized carbons (Fsp3) is 0.167. The molecular weight excluding hydrogens is 340 g/mol. The molecule has 0 aromatic heterocycles. The normalized spacial score (nSPS) is 17.0. The second-order valence-corrected chi connectivity index (χ2v) is 6.81. The molecule has 2 aromatic rings. The highest BCUT2D eigenvalue weighted by Crippen LogP contribution is 2.34. The largest absolute Gasteiger partial charge is 0.427 e. The molecule has 0 aliphatic carbocycles. The van der Waals surface area contributed by atoms with Crippen molar-refractivity contribution in [2.24, 2.45) is 0 Å². The van der Waals surface area contributed by atoms with Crippen molar-refractivity contribution in [2.75, 3.05) is 10.6 Å². The van der Waals surface area contributed by atoms with E-state index in [9.17, 15) is 14.4 Å². The molecule has 1 fully saturated rings.